The van der Waals surface area contributed by atoms with Crippen LogP contribution in [0.4, 0.5) is 4.79 Å². The molecule has 8 heteroatoms. The summed E-state index contributed by atoms with van der Waals surface area (Å²) in [4.78, 5) is 50.0. The Kier molecular flexibility index (Phi) is 4.71. The molecule has 2 atom stereocenters. The van der Waals surface area contributed by atoms with Crippen molar-refractivity contribution in [3.63, 3.8) is 0 Å². The molecule has 144 valence electrons. The fraction of sp³-hybridized carbons (Fsp3) is 0.778. The van der Waals surface area contributed by atoms with Crippen LogP contribution in [0.3, 0.4) is 0 Å². The zero-order valence-corrected chi connectivity index (χ0v) is 15.7. The fourth-order valence-electron chi connectivity index (χ4n) is 4.53. The molecule has 26 heavy (non-hydrogen) atoms. The number of nitrogens with zero attached hydrogens (tertiary/aromatic N) is 1. The van der Waals surface area contributed by atoms with Crippen LogP contribution in [0.2, 0.25) is 0 Å². The van der Waals surface area contributed by atoms with Crippen molar-refractivity contribution in [1.29, 1.82) is 0 Å². The molecule has 3 rings (SSSR count). The van der Waals surface area contributed by atoms with Crippen molar-refractivity contribution < 1.29 is 19.2 Å². The summed E-state index contributed by atoms with van der Waals surface area (Å²) < 4.78 is 0. The van der Waals surface area contributed by atoms with Gasteiger partial charge in [-0.05, 0) is 43.4 Å². The van der Waals surface area contributed by atoms with Gasteiger partial charge in [-0.2, -0.15) is 0 Å². The van der Waals surface area contributed by atoms with Gasteiger partial charge in [-0.25, -0.2) is 4.79 Å². The Balaban J connectivity index is 1.58. The zero-order valence-electron chi connectivity index (χ0n) is 15.7. The van der Waals surface area contributed by atoms with E-state index < -0.39 is 17.5 Å². The molecule has 0 aromatic heterocycles. The topological polar surface area (TPSA) is 108 Å². The molecule has 2 aliphatic carbocycles. The average molecular weight is 364 g/mol. The standard InChI is InChI=1S/C18H28N4O4/c1-11-6-17(2,3)10-18(7-11)15(25)22(16(26)21-18)9-14(24)19-8-13(23)20-12-4-5-12/h11-12H,4-10H2,1-3H3,(H,19,24)(H,20,23)(H,21,26). The van der Waals surface area contributed by atoms with Gasteiger partial charge in [0.15, 0.2) is 0 Å². The van der Waals surface area contributed by atoms with Crippen LogP contribution in [0.15, 0.2) is 0 Å². The number of nitrogens with one attached hydrogen (secondary N) is 3. The van der Waals surface area contributed by atoms with E-state index in [1.54, 1.807) is 0 Å². The minimum absolute atomic E-state index is 0.0558. The predicted molar refractivity (Wildman–Crippen MR) is 93.9 cm³/mol. The molecule has 3 fully saturated rings. The number of imide groups is 1. The molecule has 2 saturated carbocycles. The van der Waals surface area contributed by atoms with E-state index >= 15 is 0 Å². The summed E-state index contributed by atoms with van der Waals surface area (Å²) in [6.45, 7) is 5.76. The molecule has 0 bridgehead atoms. The predicted octanol–water partition coefficient (Wildman–Crippen LogP) is 0.518. The maximum absolute atomic E-state index is 12.9. The second-order valence-electron chi connectivity index (χ2n) is 8.88. The van der Waals surface area contributed by atoms with Gasteiger partial charge in [-0.3, -0.25) is 19.3 Å². The average Bonchev–Trinajstić information content (AvgIpc) is 3.28. The van der Waals surface area contributed by atoms with Crippen molar-refractivity contribution in [3.05, 3.63) is 0 Å². The van der Waals surface area contributed by atoms with Crippen LogP contribution in [0.5, 0.6) is 0 Å². The van der Waals surface area contributed by atoms with Gasteiger partial charge in [0.25, 0.3) is 5.91 Å². The molecular weight excluding hydrogens is 336 g/mol. The Morgan fingerprint density at radius 2 is 1.88 bits per heavy atom. The van der Waals surface area contributed by atoms with Crippen LogP contribution < -0.4 is 16.0 Å². The molecule has 1 heterocycles. The van der Waals surface area contributed by atoms with E-state index in [1.807, 2.05) is 0 Å². The zero-order chi connectivity index (χ0) is 19.1. The number of rotatable bonds is 5. The minimum Gasteiger partial charge on any atom is -0.352 e. The maximum atomic E-state index is 12.9. The first-order valence-electron chi connectivity index (χ1n) is 9.30. The molecule has 0 radical (unpaired) electrons. The van der Waals surface area contributed by atoms with Gasteiger partial charge in [-0.15, -0.1) is 0 Å². The number of carbonyl (C=O) groups excluding carboxylic acids is 4. The van der Waals surface area contributed by atoms with E-state index in [-0.39, 0.29) is 36.4 Å². The smallest absolute Gasteiger partial charge is 0.325 e. The Hall–Kier alpha value is -2.12. The lowest BCUT2D eigenvalue weighted by Gasteiger charge is -2.43. The first-order valence-corrected chi connectivity index (χ1v) is 9.30. The van der Waals surface area contributed by atoms with Crippen molar-refractivity contribution in [3.8, 4) is 0 Å². The van der Waals surface area contributed by atoms with Crippen LogP contribution in [0.25, 0.3) is 0 Å². The van der Waals surface area contributed by atoms with Gasteiger partial charge >= 0.3 is 6.03 Å². The SMILES string of the molecule is CC1CC(C)(C)CC2(C1)NC(=O)N(CC(=O)NCC(=O)NC1CC1)C2=O. The Morgan fingerprint density at radius 1 is 1.19 bits per heavy atom. The van der Waals surface area contributed by atoms with E-state index in [9.17, 15) is 19.2 Å². The quantitative estimate of drug-likeness (QED) is 0.618. The number of hydrogen-bond donors (Lipinski definition) is 3. The van der Waals surface area contributed by atoms with Gasteiger partial charge in [0.2, 0.25) is 11.8 Å². The van der Waals surface area contributed by atoms with Gasteiger partial charge < -0.3 is 16.0 Å². The largest absolute Gasteiger partial charge is 0.352 e. The Labute approximate surface area is 153 Å². The maximum Gasteiger partial charge on any atom is 0.325 e. The summed E-state index contributed by atoms with van der Waals surface area (Å²) in [7, 11) is 0. The van der Waals surface area contributed by atoms with Crippen molar-refractivity contribution in [2.24, 2.45) is 11.3 Å². The fourth-order valence-corrected chi connectivity index (χ4v) is 4.53. The number of carbonyl (C=O) groups is 4. The summed E-state index contributed by atoms with van der Waals surface area (Å²) in [6, 6.07) is -0.306. The third-order valence-corrected chi connectivity index (χ3v) is 5.31. The molecule has 8 nitrogen and oxygen atoms in total. The minimum atomic E-state index is -0.915. The monoisotopic (exact) mass is 364 g/mol. The van der Waals surface area contributed by atoms with E-state index in [1.165, 1.54) is 0 Å². The van der Waals surface area contributed by atoms with Crippen LogP contribution in [0, 0.1) is 11.3 Å². The molecule has 0 aromatic rings. The third kappa shape index (κ3) is 3.99. The molecule has 1 saturated heterocycles. The molecule has 3 N–H and O–H groups in total. The van der Waals surface area contributed by atoms with Gasteiger partial charge in [0.05, 0.1) is 6.54 Å². The number of amides is 5. The lowest BCUT2D eigenvalue weighted by Crippen LogP contribution is -2.54. The van der Waals surface area contributed by atoms with Crippen LogP contribution in [-0.2, 0) is 14.4 Å². The normalized spacial score (nSPS) is 30.3. The summed E-state index contributed by atoms with van der Waals surface area (Å²) in [6.07, 6.45) is 4.09. The van der Waals surface area contributed by atoms with Gasteiger partial charge in [0.1, 0.15) is 12.1 Å². The molecule has 0 aromatic carbocycles. The lowest BCUT2D eigenvalue weighted by atomic mass is 9.64. The van der Waals surface area contributed by atoms with Crippen molar-refractivity contribution in [2.75, 3.05) is 13.1 Å². The van der Waals surface area contributed by atoms with Crippen molar-refractivity contribution >= 4 is 23.8 Å². The first-order chi connectivity index (χ1) is 12.1. The molecule has 1 aliphatic heterocycles. The molecule has 3 aliphatic rings. The molecule has 2 unspecified atom stereocenters. The summed E-state index contributed by atoms with van der Waals surface area (Å²) in [5, 5.41) is 8.08. The van der Waals surface area contributed by atoms with Gasteiger partial charge in [-0.1, -0.05) is 20.8 Å². The van der Waals surface area contributed by atoms with E-state index in [2.05, 4.69) is 36.7 Å². The van der Waals surface area contributed by atoms with Crippen LogP contribution in [0.1, 0.15) is 52.9 Å². The molecule has 1 spiro atoms. The molecular formula is C18H28N4O4. The van der Waals surface area contributed by atoms with Crippen LogP contribution >= 0.6 is 0 Å². The van der Waals surface area contributed by atoms with Gasteiger partial charge in [0, 0.05) is 6.04 Å². The third-order valence-electron chi connectivity index (χ3n) is 5.31. The summed E-state index contributed by atoms with van der Waals surface area (Å²) >= 11 is 0. The van der Waals surface area contributed by atoms with Crippen molar-refractivity contribution in [2.45, 2.75) is 64.5 Å². The van der Waals surface area contributed by atoms with E-state index in [4.69, 9.17) is 0 Å². The van der Waals surface area contributed by atoms with Crippen LogP contribution in [-0.4, -0.2) is 53.3 Å². The van der Waals surface area contributed by atoms with E-state index in [0.717, 1.165) is 24.2 Å². The Morgan fingerprint density at radius 3 is 2.50 bits per heavy atom. The Bertz CT molecular complexity index is 643. The van der Waals surface area contributed by atoms with E-state index in [0.29, 0.717) is 18.8 Å². The highest BCUT2D eigenvalue weighted by Gasteiger charge is 2.56. The molecule has 5 amide bonds. The number of urea groups is 1. The highest BCUT2D eigenvalue weighted by Crippen LogP contribution is 2.46. The summed E-state index contributed by atoms with van der Waals surface area (Å²) in [5.74, 6) is -0.792. The second-order valence-corrected chi connectivity index (χ2v) is 8.88. The van der Waals surface area contributed by atoms with Crippen molar-refractivity contribution in [1.82, 2.24) is 20.9 Å². The number of hydrogen-bond acceptors (Lipinski definition) is 4. The highest BCUT2D eigenvalue weighted by atomic mass is 16.2. The lowest BCUT2D eigenvalue weighted by molar-refractivity contribution is -0.137. The first kappa shape index (κ1) is 18.7. The summed E-state index contributed by atoms with van der Waals surface area (Å²) in [5.41, 5.74) is -0.971. The highest BCUT2D eigenvalue weighted by molar-refractivity contribution is 6.09. The second kappa shape index (κ2) is 6.55.